The van der Waals surface area contributed by atoms with Gasteiger partial charge in [-0.1, -0.05) is 11.6 Å². The van der Waals surface area contributed by atoms with E-state index >= 15 is 0 Å². The molecule has 0 aliphatic carbocycles. The van der Waals surface area contributed by atoms with Crippen LogP contribution >= 0.6 is 11.6 Å². The zero-order chi connectivity index (χ0) is 10.6. The Hall–Kier alpha value is -1.23. The van der Waals surface area contributed by atoms with Gasteiger partial charge in [0.15, 0.2) is 0 Å². The van der Waals surface area contributed by atoms with Gasteiger partial charge in [0.25, 0.3) is 12.3 Å². The van der Waals surface area contributed by atoms with Gasteiger partial charge in [-0.2, -0.15) is 0 Å². The number of nitrogens with zero attached hydrogens (tertiary/aromatic N) is 1. The molecule has 6 heteroatoms. The topological polar surface area (TPSA) is 42.0 Å². The lowest BCUT2D eigenvalue weighted by Gasteiger charge is -2.03. The van der Waals surface area contributed by atoms with E-state index < -0.39 is 18.9 Å². The third-order valence-electron chi connectivity index (χ3n) is 1.41. The first-order chi connectivity index (χ1) is 6.59. The number of hydrogen-bond acceptors (Lipinski definition) is 2. The molecule has 1 amide bonds. The highest BCUT2D eigenvalue weighted by Crippen LogP contribution is 2.06. The van der Waals surface area contributed by atoms with Crippen LogP contribution in [0.5, 0.6) is 0 Å². The first-order valence-electron chi connectivity index (χ1n) is 3.77. The van der Waals surface area contributed by atoms with Gasteiger partial charge < -0.3 is 5.32 Å². The Morgan fingerprint density at radius 3 is 2.93 bits per heavy atom. The van der Waals surface area contributed by atoms with Crippen LogP contribution in [-0.2, 0) is 0 Å². The van der Waals surface area contributed by atoms with Gasteiger partial charge in [-0.25, -0.2) is 13.8 Å². The summed E-state index contributed by atoms with van der Waals surface area (Å²) in [7, 11) is 0. The smallest absolute Gasteiger partial charge is 0.255 e. The molecule has 0 atom stereocenters. The van der Waals surface area contributed by atoms with Crippen LogP contribution in [0.25, 0.3) is 0 Å². The molecule has 0 aliphatic heterocycles. The highest BCUT2D eigenvalue weighted by atomic mass is 35.5. The SMILES string of the molecule is O=C(NCC(F)F)c1ccnc(Cl)c1. The van der Waals surface area contributed by atoms with Crippen LogP contribution in [0.1, 0.15) is 10.4 Å². The molecule has 0 spiro atoms. The number of carbonyl (C=O) groups is 1. The maximum Gasteiger partial charge on any atom is 0.255 e. The molecule has 0 aliphatic rings. The Morgan fingerprint density at radius 2 is 2.36 bits per heavy atom. The minimum Gasteiger partial charge on any atom is -0.346 e. The molecule has 0 bridgehead atoms. The number of pyridine rings is 1. The fourth-order valence-corrected chi connectivity index (χ4v) is 0.990. The fourth-order valence-electron chi connectivity index (χ4n) is 0.816. The number of aromatic nitrogens is 1. The summed E-state index contributed by atoms with van der Waals surface area (Å²) in [5.74, 6) is -0.588. The summed E-state index contributed by atoms with van der Waals surface area (Å²) in [5.41, 5.74) is 0.214. The van der Waals surface area contributed by atoms with Crippen LogP contribution in [0, 0.1) is 0 Å². The molecule has 0 fully saturated rings. The number of alkyl halides is 2. The molecule has 1 aromatic rings. The van der Waals surface area contributed by atoms with Crippen LogP contribution in [0.15, 0.2) is 18.3 Å². The third kappa shape index (κ3) is 3.26. The van der Waals surface area contributed by atoms with Crippen molar-refractivity contribution in [1.82, 2.24) is 10.3 Å². The number of nitrogens with one attached hydrogen (secondary N) is 1. The quantitative estimate of drug-likeness (QED) is 0.789. The molecule has 76 valence electrons. The van der Waals surface area contributed by atoms with E-state index in [1.165, 1.54) is 18.3 Å². The summed E-state index contributed by atoms with van der Waals surface area (Å²) in [4.78, 5) is 14.8. The Bertz CT molecular complexity index is 333. The van der Waals surface area contributed by atoms with Gasteiger partial charge in [-0.05, 0) is 12.1 Å². The van der Waals surface area contributed by atoms with Gasteiger partial charge in [0.1, 0.15) is 5.15 Å². The molecule has 0 aromatic carbocycles. The molecule has 1 rings (SSSR count). The minimum atomic E-state index is -2.56. The molecule has 0 saturated carbocycles. The Morgan fingerprint density at radius 1 is 1.64 bits per heavy atom. The average molecular weight is 221 g/mol. The Balaban J connectivity index is 2.61. The van der Waals surface area contributed by atoms with Crippen molar-refractivity contribution in [3.05, 3.63) is 29.0 Å². The zero-order valence-corrected chi connectivity index (χ0v) is 7.76. The number of hydrogen-bond donors (Lipinski definition) is 1. The molecule has 0 radical (unpaired) electrons. The second kappa shape index (κ2) is 4.85. The molecule has 1 heterocycles. The van der Waals surface area contributed by atoms with Crippen LogP contribution in [-0.4, -0.2) is 23.9 Å². The summed E-state index contributed by atoms with van der Waals surface area (Å²) < 4.78 is 23.5. The lowest BCUT2D eigenvalue weighted by atomic mass is 10.2. The molecule has 0 saturated heterocycles. The maximum absolute atomic E-state index is 11.7. The number of halogens is 3. The summed E-state index contributed by atoms with van der Waals surface area (Å²) in [6, 6.07) is 2.70. The van der Waals surface area contributed by atoms with Crippen molar-refractivity contribution < 1.29 is 13.6 Å². The van der Waals surface area contributed by atoms with E-state index in [2.05, 4.69) is 10.3 Å². The second-order valence-electron chi connectivity index (χ2n) is 2.47. The highest BCUT2D eigenvalue weighted by Gasteiger charge is 2.08. The largest absolute Gasteiger partial charge is 0.346 e. The van der Waals surface area contributed by atoms with Gasteiger partial charge in [-0.3, -0.25) is 4.79 Å². The molecule has 1 aromatic heterocycles. The molecular weight excluding hydrogens is 214 g/mol. The van der Waals surface area contributed by atoms with Gasteiger partial charge in [-0.15, -0.1) is 0 Å². The average Bonchev–Trinajstić information content (AvgIpc) is 2.14. The van der Waals surface area contributed by atoms with Crippen LogP contribution in [0.4, 0.5) is 8.78 Å². The van der Waals surface area contributed by atoms with Crippen LogP contribution in [0.3, 0.4) is 0 Å². The molecule has 3 nitrogen and oxygen atoms in total. The van der Waals surface area contributed by atoms with Gasteiger partial charge >= 0.3 is 0 Å². The van der Waals surface area contributed by atoms with E-state index in [0.29, 0.717) is 0 Å². The van der Waals surface area contributed by atoms with Gasteiger partial charge in [0.2, 0.25) is 0 Å². The molecule has 1 N–H and O–H groups in total. The lowest BCUT2D eigenvalue weighted by molar-refractivity contribution is 0.0891. The first-order valence-corrected chi connectivity index (χ1v) is 4.15. The fraction of sp³-hybridized carbons (Fsp3) is 0.250. The number of carbonyl (C=O) groups excluding carboxylic acids is 1. The summed E-state index contributed by atoms with van der Waals surface area (Å²) in [5, 5.41) is 2.20. The first kappa shape index (κ1) is 10.8. The van der Waals surface area contributed by atoms with E-state index in [4.69, 9.17) is 11.6 Å². The monoisotopic (exact) mass is 220 g/mol. The second-order valence-corrected chi connectivity index (χ2v) is 2.86. The molecular formula is C8H7ClF2N2O. The Kier molecular flexibility index (Phi) is 3.76. The van der Waals surface area contributed by atoms with Crippen molar-refractivity contribution in [3.63, 3.8) is 0 Å². The van der Waals surface area contributed by atoms with Crippen LogP contribution in [0.2, 0.25) is 5.15 Å². The van der Waals surface area contributed by atoms with Gasteiger partial charge in [0.05, 0.1) is 6.54 Å². The lowest BCUT2D eigenvalue weighted by Crippen LogP contribution is -2.28. The number of rotatable bonds is 3. The summed E-state index contributed by atoms with van der Waals surface area (Å²) in [6.07, 6.45) is -1.23. The molecule has 14 heavy (non-hydrogen) atoms. The Labute approximate surface area is 84.1 Å². The normalized spacial score (nSPS) is 10.3. The molecule has 0 unspecified atom stereocenters. The number of amides is 1. The predicted octanol–water partition coefficient (Wildman–Crippen LogP) is 1.73. The van der Waals surface area contributed by atoms with Crippen molar-refractivity contribution in [3.8, 4) is 0 Å². The summed E-state index contributed by atoms with van der Waals surface area (Å²) in [6.45, 7) is -0.668. The van der Waals surface area contributed by atoms with Crippen molar-refractivity contribution >= 4 is 17.5 Å². The van der Waals surface area contributed by atoms with Crippen molar-refractivity contribution in [2.45, 2.75) is 6.43 Å². The van der Waals surface area contributed by atoms with E-state index in [1.807, 2.05) is 0 Å². The van der Waals surface area contributed by atoms with Crippen LogP contribution < -0.4 is 5.32 Å². The minimum absolute atomic E-state index is 0.148. The van der Waals surface area contributed by atoms with Gasteiger partial charge in [0, 0.05) is 11.8 Å². The van der Waals surface area contributed by atoms with Crippen molar-refractivity contribution in [2.24, 2.45) is 0 Å². The zero-order valence-electron chi connectivity index (χ0n) is 7.01. The maximum atomic E-state index is 11.7. The summed E-state index contributed by atoms with van der Waals surface area (Å²) >= 11 is 5.51. The predicted molar refractivity (Wildman–Crippen MR) is 47.6 cm³/mol. The van der Waals surface area contributed by atoms with E-state index in [9.17, 15) is 13.6 Å². The van der Waals surface area contributed by atoms with E-state index in [0.717, 1.165) is 0 Å². The van der Waals surface area contributed by atoms with E-state index in [-0.39, 0.29) is 10.7 Å². The third-order valence-corrected chi connectivity index (χ3v) is 1.61. The van der Waals surface area contributed by atoms with Crippen molar-refractivity contribution in [2.75, 3.05) is 6.54 Å². The van der Waals surface area contributed by atoms with E-state index in [1.54, 1.807) is 0 Å². The highest BCUT2D eigenvalue weighted by molar-refractivity contribution is 6.29. The van der Waals surface area contributed by atoms with Crippen molar-refractivity contribution in [1.29, 1.82) is 0 Å². The standard InChI is InChI=1S/C8H7ClF2N2O/c9-6-3-5(1-2-12-6)8(14)13-4-7(10)11/h1-3,7H,4H2,(H,13,14).